The smallest absolute Gasteiger partial charge is 0.320 e. The average molecular weight is 323 g/mol. The van der Waals surface area contributed by atoms with Gasteiger partial charge in [0.15, 0.2) is 5.92 Å². The van der Waals surface area contributed by atoms with Crippen molar-refractivity contribution < 1.29 is 14.3 Å². The topological polar surface area (TPSA) is 67.8 Å². The number of nitrogens with zero attached hydrogens (tertiary/aromatic N) is 1. The third-order valence-electron chi connectivity index (χ3n) is 3.48. The summed E-state index contributed by atoms with van der Waals surface area (Å²) in [5.41, 5.74) is 0.755. The first-order valence-electron chi connectivity index (χ1n) is 7.25. The van der Waals surface area contributed by atoms with E-state index in [2.05, 4.69) is 10.3 Å². The molecule has 1 heterocycles. The molecular formula is C16H19ClN2O3. The molecule has 0 aliphatic carbocycles. The predicted molar refractivity (Wildman–Crippen MR) is 84.9 cm³/mol. The van der Waals surface area contributed by atoms with Crippen LogP contribution in [0.1, 0.15) is 26.3 Å². The van der Waals surface area contributed by atoms with Gasteiger partial charge in [0.2, 0.25) is 5.91 Å². The second-order valence-electron chi connectivity index (χ2n) is 5.44. The van der Waals surface area contributed by atoms with Gasteiger partial charge in [0.05, 0.1) is 12.6 Å². The SMILES string of the molecule is CCOC(=O)C1C(=O)NC(c2ccc(Cl)cc2)=NC1C(C)C. The van der Waals surface area contributed by atoms with Crippen molar-refractivity contribution in [2.45, 2.75) is 26.8 Å². The van der Waals surface area contributed by atoms with Crippen molar-refractivity contribution in [1.29, 1.82) is 0 Å². The van der Waals surface area contributed by atoms with Gasteiger partial charge < -0.3 is 10.1 Å². The lowest BCUT2D eigenvalue weighted by molar-refractivity contribution is -0.153. The lowest BCUT2D eigenvalue weighted by Crippen LogP contribution is -2.51. The van der Waals surface area contributed by atoms with E-state index in [1.54, 1.807) is 31.2 Å². The van der Waals surface area contributed by atoms with Crippen LogP contribution in [0.25, 0.3) is 0 Å². The lowest BCUT2D eigenvalue weighted by Gasteiger charge is -2.30. The zero-order chi connectivity index (χ0) is 16.3. The Morgan fingerprint density at radius 2 is 2.00 bits per heavy atom. The second-order valence-corrected chi connectivity index (χ2v) is 5.87. The number of aliphatic imine (C=N–C) groups is 1. The molecule has 1 N–H and O–H groups in total. The number of amidine groups is 1. The summed E-state index contributed by atoms with van der Waals surface area (Å²) < 4.78 is 5.00. The van der Waals surface area contributed by atoms with E-state index in [0.717, 1.165) is 5.56 Å². The Morgan fingerprint density at radius 3 is 2.55 bits per heavy atom. The molecule has 5 nitrogen and oxygen atoms in total. The number of halogens is 1. The molecule has 1 aliphatic rings. The Labute approximate surface area is 134 Å². The van der Waals surface area contributed by atoms with Crippen LogP contribution in [0, 0.1) is 11.8 Å². The summed E-state index contributed by atoms with van der Waals surface area (Å²) in [6, 6.07) is 6.58. The van der Waals surface area contributed by atoms with Gasteiger partial charge in [0.25, 0.3) is 0 Å². The van der Waals surface area contributed by atoms with Crippen LogP contribution in [0.5, 0.6) is 0 Å². The van der Waals surface area contributed by atoms with Crippen LogP contribution in [0.4, 0.5) is 0 Å². The monoisotopic (exact) mass is 322 g/mol. The third kappa shape index (κ3) is 3.47. The third-order valence-corrected chi connectivity index (χ3v) is 3.74. The zero-order valence-corrected chi connectivity index (χ0v) is 13.6. The first kappa shape index (κ1) is 16.5. The number of nitrogens with one attached hydrogen (secondary N) is 1. The van der Waals surface area contributed by atoms with E-state index in [0.29, 0.717) is 10.9 Å². The average Bonchev–Trinajstić information content (AvgIpc) is 2.47. The van der Waals surface area contributed by atoms with Crippen molar-refractivity contribution in [2.24, 2.45) is 16.8 Å². The fourth-order valence-electron chi connectivity index (χ4n) is 2.37. The summed E-state index contributed by atoms with van der Waals surface area (Å²) in [5, 5.41) is 3.30. The number of hydrogen-bond acceptors (Lipinski definition) is 4. The van der Waals surface area contributed by atoms with Gasteiger partial charge in [0, 0.05) is 10.6 Å². The number of esters is 1. The molecule has 1 amide bonds. The summed E-state index contributed by atoms with van der Waals surface area (Å²) in [6.07, 6.45) is 0. The van der Waals surface area contributed by atoms with E-state index >= 15 is 0 Å². The summed E-state index contributed by atoms with van der Waals surface area (Å²) in [4.78, 5) is 29.0. The van der Waals surface area contributed by atoms with E-state index < -0.39 is 17.9 Å². The maximum Gasteiger partial charge on any atom is 0.320 e. The Bertz CT molecular complexity index is 596. The summed E-state index contributed by atoms with van der Waals surface area (Å²) >= 11 is 5.87. The van der Waals surface area contributed by atoms with Crippen LogP contribution >= 0.6 is 11.6 Å². The standard InChI is InChI=1S/C16H19ClN2O3/c1-4-22-16(21)12-13(9(2)3)18-14(19-15(12)20)10-5-7-11(17)8-6-10/h5-9,12-13H,4H2,1-3H3,(H,18,19,20). The highest BCUT2D eigenvalue weighted by Crippen LogP contribution is 2.24. The fraction of sp³-hybridized carbons (Fsp3) is 0.438. The predicted octanol–water partition coefficient (Wildman–Crippen LogP) is 2.42. The largest absolute Gasteiger partial charge is 0.465 e. The van der Waals surface area contributed by atoms with Gasteiger partial charge in [-0.15, -0.1) is 0 Å². The summed E-state index contributed by atoms with van der Waals surface area (Å²) in [5.74, 6) is -1.32. The number of amides is 1. The van der Waals surface area contributed by atoms with E-state index in [1.165, 1.54) is 0 Å². The molecule has 6 heteroatoms. The molecule has 2 rings (SSSR count). The van der Waals surface area contributed by atoms with E-state index in [1.807, 2.05) is 13.8 Å². The van der Waals surface area contributed by atoms with Crippen molar-refractivity contribution in [3.8, 4) is 0 Å². The molecule has 0 radical (unpaired) electrons. The number of rotatable bonds is 4. The molecule has 1 aromatic carbocycles. The number of carbonyl (C=O) groups is 2. The van der Waals surface area contributed by atoms with Gasteiger partial charge in [-0.2, -0.15) is 0 Å². The molecule has 0 aromatic heterocycles. The van der Waals surface area contributed by atoms with Crippen molar-refractivity contribution in [3.63, 3.8) is 0 Å². The first-order valence-corrected chi connectivity index (χ1v) is 7.63. The minimum Gasteiger partial charge on any atom is -0.465 e. The van der Waals surface area contributed by atoms with Gasteiger partial charge in [-0.1, -0.05) is 25.4 Å². The highest BCUT2D eigenvalue weighted by molar-refractivity contribution is 6.30. The Kier molecular flexibility index (Phi) is 5.19. The molecule has 0 saturated heterocycles. The lowest BCUT2D eigenvalue weighted by atomic mass is 9.88. The Morgan fingerprint density at radius 1 is 1.36 bits per heavy atom. The second kappa shape index (κ2) is 6.92. The molecule has 0 fully saturated rings. The Hall–Kier alpha value is -1.88. The van der Waals surface area contributed by atoms with Crippen molar-refractivity contribution in [1.82, 2.24) is 5.32 Å². The molecule has 2 atom stereocenters. The van der Waals surface area contributed by atoms with Crippen molar-refractivity contribution in [2.75, 3.05) is 6.61 Å². The van der Waals surface area contributed by atoms with Gasteiger partial charge >= 0.3 is 5.97 Å². The van der Waals surface area contributed by atoms with Crippen LogP contribution in [0.3, 0.4) is 0 Å². The zero-order valence-electron chi connectivity index (χ0n) is 12.8. The molecule has 1 aromatic rings. The quantitative estimate of drug-likeness (QED) is 0.683. The summed E-state index contributed by atoms with van der Waals surface area (Å²) in [6.45, 7) is 5.81. The number of ether oxygens (including phenoxy) is 1. The minimum absolute atomic E-state index is 0.0303. The minimum atomic E-state index is -0.906. The van der Waals surface area contributed by atoms with Crippen LogP contribution in [0.2, 0.25) is 5.02 Å². The molecule has 2 unspecified atom stereocenters. The highest BCUT2D eigenvalue weighted by atomic mass is 35.5. The van der Waals surface area contributed by atoms with E-state index in [9.17, 15) is 9.59 Å². The molecule has 0 bridgehead atoms. The number of carbonyl (C=O) groups excluding carboxylic acids is 2. The number of benzene rings is 1. The molecule has 118 valence electrons. The Balaban J connectivity index is 2.35. The van der Waals surface area contributed by atoms with Crippen LogP contribution in [0.15, 0.2) is 29.3 Å². The first-order chi connectivity index (χ1) is 10.4. The molecule has 0 saturated carbocycles. The fourth-order valence-corrected chi connectivity index (χ4v) is 2.50. The highest BCUT2D eigenvalue weighted by Gasteiger charge is 2.41. The van der Waals surface area contributed by atoms with Crippen LogP contribution < -0.4 is 5.32 Å². The summed E-state index contributed by atoms with van der Waals surface area (Å²) in [7, 11) is 0. The molecular weight excluding hydrogens is 304 g/mol. The van der Waals surface area contributed by atoms with Crippen molar-refractivity contribution >= 4 is 29.3 Å². The van der Waals surface area contributed by atoms with E-state index in [-0.39, 0.29) is 18.4 Å². The van der Waals surface area contributed by atoms with Gasteiger partial charge in [-0.3, -0.25) is 14.6 Å². The van der Waals surface area contributed by atoms with Gasteiger partial charge in [-0.25, -0.2) is 0 Å². The maximum atomic E-state index is 12.4. The molecule has 0 spiro atoms. The maximum absolute atomic E-state index is 12.4. The van der Waals surface area contributed by atoms with Gasteiger partial charge in [-0.05, 0) is 37.1 Å². The van der Waals surface area contributed by atoms with E-state index in [4.69, 9.17) is 16.3 Å². The van der Waals surface area contributed by atoms with Crippen LogP contribution in [-0.4, -0.2) is 30.4 Å². The van der Waals surface area contributed by atoms with Crippen LogP contribution in [-0.2, 0) is 14.3 Å². The normalized spacial score (nSPS) is 21.3. The number of hydrogen-bond donors (Lipinski definition) is 1. The van der Waals surface area contributed by atoms with Gasteiger partial charge in [0.1, 0.15) is 5.84 Å². The van der Waals surface area contributed by atoms with Crippen molar-refractivity contribution in [3.05, 3.63) is 34.9 Å². The molecule has 1 aliphatic heterocycles. The molecule has 22 heavy (non-hydrogen) atoms.